The van der Waals surface area contributed by atoms with E-state index in [1.165, 1.54) is 11.1 Å². The quantitative estimate of drug-likeness (QED) is 0.678. The molecule has 1 aliphatic carbocycles. The monoisotopic (exact) mass is 273 g/mol. The van der Waals surface area contributed by atoms with Gasteiger partial charge in [-0.3, -0.25) is 4.90 Å². The van der Waals surface area contributed by atoms with Crippen molar-refractivity contribution in [2.24, 2.45) is 5.92 Å². The first-order chi connectivity index (χ1) is 9.74. The molecule has 1 saturated heterocycles. The Balaban J connectivity index is 1.84. The van der Waals surface area contributed by atoms with Crippen LogP contribution in [0, 0.1) is 5.92 Å². The third-order valence-corrected chi connectivity index (χ3v) is 5.20. The van der Waals surface area contributed by atoms with Crippen LogP contribution >= 0.6 is 0 Å². The van der Waals surface area contributed by atoms with Crippen LogP contribution in [0.2, 0.25) is 0 Å². The summed E-state index contributed by atoms with van der Waals surface area (Å²) in [6, 6.07) is 0. The van der Waals surface area contributed by atoms with Gasteiger partial charge in [-0.1, -0.05) is 18.2 Å². The van der Waals surface area contributed by atoms with Crippen LogP contribution in [0.3, 0.4) is 0 Å². The Kier molecular flexibility index (Phi) is 2.66. The smallest absolute Gasteiger partial charge is 0.330 e. The Bertz CT molecular complexity index is 548. The molecule has 0 aromatic carbocycles. The van der Waals surface area contributed by atoms with Crippen molar-refractivity contribution in [1.82, 2.24) is 4.90 Å². The number of esters is 1. The second kappa shape index (κ2) is 4.30. The van der Waals surface area contributed by atoms with Crippen molar-refractivity contribution in [2.45, 2.75) is 24.5 Å². The molecule has 4 heteroatoms. The summed E-state index contributed by atoms with van der Waals surface area (Å²) in [4.78, 5) is 14.2. The van der Waals surface area contributed by atoms with E-state index in [2.05, 4.69) is 23.1 Å². The largest absolute Gasteiger partial charge is 0.462 e. The van der Waals surface area contributed by atoms with Gasteiger partial charge < -0.3 is 9.47 Å². The number of methoxy groups -OCH3 is 1. The van der Waals surface area contributed by atoms with E-state index in [1.807, 2.05) is 0 Å². The van der Waals surface area contributed by atoms with Gasteiger partial charge in [-0.05, 0) is 17.6 Å². The zero-order valence-corrected chi connectivity index (χ0v) is 11.7. The fourth-order valence-corrected chi connectivity index (χ4v) is 4.22. The van der Waals surface area contributed by atoms with Crippen molar-refractivity contribution >= 4 is 5.97 Å². The summed E-state index contributed by atoms with van der Waals surface area (Å²) in [7, 11) is 1.75. The molecule has 0 bridgehead atoms. The van der Waals surface area contributed by atoms with E-state index in [9.17, 15) is 4.79 Å². The molecule has 106 valence electrons. The summed E-state index contributed by atoms with van der Waals surface area (Å²) < 4.78 is 10.8. The number of piperidine rings is 1. The highest BCUT2D eigenvalue weighted by Gasteiger charge is 2.53. The van der Waals surface area contributed by atoms with Crippen LogP contribution in [0.4, 0.5) is 0 Å². The Hall–Kier alpha value is -1.39. The standard InChI is InChI=1S/C16H19NO3/c1-19-13-3-2-12-5-7-17-6-4-11-10-20-15(18)8-14(11)16(12,17)9-13/h2-3,5,8,11,13H,4,6-7,9-10H2,1H3/t11-,13-,16+/m1/s1. The van der Waals surface area contributed by atoms with Gasteiger partial charge in [0.15, 0.2) is 0 Å². The van der Waals surface area contributed by atoms with E-state index in [1.54, 1.807) is 13.2 Å². The molecule has 4 rings (SSSR count). The lowest BCUT2D eigenvalue weighted by atomic mass is 9.67. The molecule has 0 radical (unpaired) electrons. The molecule has 0 amide bonds. The molecule has 0 saturated carbocycles. The molecule has 1 spiro atoms. The van der Waals surface area contributed by atoms with Crippen molar-refractivity contribution in [2.75, 3.05) is 26.8 Å². The van der Waals surface area contributed by atoms with Crippen LogP contribution < -0.4 is 0 Å². The zero-order chi connectivity index (χ0) is 13.7. The predicted octanol–water partition coefficient (Wildman–Crippen LogP) is 1.45. The zero-order valence-electron chi connectivity index (χ0n) is 11.7. The summed E-state index contributed by atoms with van der Waals surface area (Å²) in [6.45, 7) is 2.56. The van der Waals surface area contributed by atoms with Crippen LogP contribution in [0.25, 0.3) is 0 Å². The predicted molar refractivity (Wildman–Crippen MR) is 74.1 cm³/mol. The third-order valence-electron chi connectivity index (χ3n) is 5.20. The van der Waals surface area contributed by atoms with Gasteiger partial charge in [-0.15, -0.1) is 0 Å². The molecule has 20 heavy (non-hydrogen) atoms. The second-order valence-corrected chi connectivity index (χ2v) is 6.02. The van der Waals surface area contributed by atoms with Crippen molar-refractivity contribution in [1.29, 1.82) is 0 Å². The van der Waals surface area contributed by atoms with Crippen LogP contribution in [-0.4, -0.2) is 49.3 Å². The molecular weight excluding hydrogens is 254 g/mol. The minimum absolute atomic E-state index is 0.116. The first kappa shape index (κ1) is 12.4. The van der Waals surface area contributed by atoms with Gasteiger partial charge in [0.1, 0.15) is 0 Å². The average molecular weight is 273 g/mol. The van der Waals surface area contributed by atoms with Crippen LogP contribution in [0.5, 0.6) is 0 Å². The van der Waals surface area contributed by atoms with Gasteiger partial charge in [0.05, 0.1) is 18.2 Å². The van der Waals surface area contributed by atoms with E-state index in [0.717, 1.165) is 25.9 Å². The normalized spacial score (nSPS) is 39.4. The highest BCUT2D eigenvalue weighted by Crippen LogP contribution is 2.51. The highest BCUT2D eigenvalue weighted by molar-refractivity contribution is 5.85. The summed E-state index contributed by atoms with van der Waals surface area (Å²) in [5.41, 5.74) is 2.45. The lowest BCUT2D eigenvalue weighted by Gasteiger charge is -2.52. The third kappa shape index (κ3) is 1.52. The maximum absolute atomic E-state index is 11.7. The Labute approximate surface area is 118 Å². The maximum Gasteiger partial charge on any atom is 0.330 e. The van der Waals surface area contributed by atoms with E-state index in [0.29, 0.717) is 12.5 Å². The number of hydrogen-bond donors (Lipinski definition) is 0. The number of cyclic esters (lactones) is 1. The summed E-state index contributed by atoms with van der Waals surface area (Å²) in [5.74, 6) is 0.178. The molecule has 3 atom stereocenters. The first-order valence-corrected chi connectivity index (χ1v) is 7.29. The number of carbonyl (C=O) groups is 1. The highest BCUT2D eigenvalue weighted by atomic mass is 16.5. The van der Waals surface area contributed by atoms with Gasteiger partial charge in [0.25, 0.3) is 0 Å². The fourth-order valence-electron chi connectivity index (χ4n) is 4.22. The van der Waals surface area contributed by atoms with Crippen LogP contribution in [0.15, 0.2) is 35.5 Å². The Morgan fingerprint density at radius 2 is 2.40 bits per heavy atom. The van der Waals surface area contributed by atoms with Crippen LogP contribution in [0.1, 0.15) is 12.8 Å². The molecule has 0 aromatic heterocycles. The number of nitrogens with zero attached hydrogens (tertiary/aromatic N) is 1. The number of fused-ring (bicyclic) bond motifs is 1. The topological polar surface area (TPSA) is 38.8 Å². The van der Waals surface area contributed by atoms with E-state index >= 15 is 0 Å². The molecular formula is C16H19NO3. The molecule has 0 N–H and O–H groups in total. The van der Waals surface area contributed by atoms with E-state index in [4.69, 9.17) is 9.47 Å². The molecule has 0 unspecified atom stereocenters. The van der Waals surface area contributed by atoms with E-state index < -0.39 is 0 Å². The summed E-state index contributed by atoms with van der Waals surface area (Å²) in [6.07, 6.45) is 10.4. The van der Waals surface area contributed by atoms with Crippen molar-refractivity contribution in [3.8, 4) is 0 Å². The summed E-state index contributed by atoms with van der Waals surface area (Å²) in [5, 5.41) is 0. The fraction of sp³-hybridized carbons (Fsp3) is 0.562. The van der Waals surface area contributed by atoms with Crippen molar-refractivity contribution < 1.29 is 14.3 Å². The number of rotatable bonds is 1. The molecule has 1 fully saturated rings. The van der Waals surface area contributed by atoms with Crippen LogP contribution in [-0.2, 0) is 14.3 Å². The average Bonchev–Trinajstić information content (AvgIpc) is 2.86. The lowest BCUT2D eigenvalue weighted by molar-refractivity contribution is -0.141. The van der Waals surface area contributed by atoms with Gasteiger partial charge in [0.2, 0.25) is 0 Å². The van der Waals surface area contributed by atoms with Crippen molar-refractivity contribution in [3.05, 3.63) is 35.5 Å². The van der Waals surface area contributed by atoms with E-state index in [-0.39, 0.29) is 17.6 Å². The minimum atomic E-state index is -0.192. The number of carbonyl (C=O) groups excluding carboxylic acids is 1. The van der Waals surface area contributed by atoms with Crippen molar-refractivity contribution in [3.63, 3.8) is 0 Å². The van der Waals surface area contributed by atoms with Gasteiger partial charge in [-0.25, -0.2) is 4.79 Å². The maximum atomic E-state index is 11.7. The Morgan fingerprint density at radius 1 is 1.50 bits per heavy atom. The van der Waals surface area contributed by atoms with Gasteiger partial charge in [0, 0.05) is 38.6 Å². The SMILES string of the molecule is CO[C@@H]1C=CC2=CCN3CC[C@@H]4COC(=O)C=C4[C@]23C1. The first-order valence-electron chi connectivity index (χ1n) is 7.29. The van der Waals surface area contributed by atoms with Gasteiger partial charge in [-0.2, -0.15) is 0 Å². The Morgan fingerprint density at radius 3 is 3.25 bits per heavy atom. The molecule has 0 aromatic rings. The summed E-state index contributed by atoms with van der Waals surface area (Å²) >= 11 is 0. The molecule has 4 nitrogen and oxygen atoms in total. The number of ether oxygens (including phenoxy) is 2. The molecule has 3 aliphatic heterocycles. The number of hydrogen-bond acceptors (Lipinski definition) is 4. The lowest BCUT2D eigenvalue weighted by Crippen LogP contribution is -2.57. The molecule has 3 heterocycles. The van der Waals surface area contributed by atoms with Gasteiger partial charge >= 0.3 is 5.97 Å². The minimum Gasteiger partial charge on any atom is -0.462 e. The molecule has 4 aliphatic rings. The second-order valence-electron chi connectivity index (χ2n) is 6.02.